The number of amides is 1. The maximum Gasteiger partial charge on any atom is 0.337 e. The van der Waals surface area contributed by atoms with Crippen LogP contribution in [0.1, 0.15) is 40.1 Å². The van der Waals surface area contributed by atoms with E-state index in [-0.39, 0.29) is 12.0 Å². The topological polar surface area (TPSA) is 64.6 Å². The molecule has 2 aromatic rings. The molecule has 0 radical (unpaired) electrons. The lowest BCUT2D eigenvalue weighted by Crippen LogP contribution is -2.16. The summed E-state index contributed by atoms with van der Waals surface area (Å²) in [6, 6.07) is 12.1. The summed E-state index contributed by atoms with van der Waals surface area (Å²) < 4.78 is 10.4. The Hall–Kier alpha value is -2.82. The molecule has 0 unspecified atom stereocenters. The standard InChI is InChI=1S/C19H21NO4/c1-12(2)24-17-8-6-5-7-15(17)18(21)20-16-11-14(19(22)23-4)10-9-13(16)3/h5-12H,1-4H3,(H,20,21). The molecule has 1 N–H and O–H groups in total. The summed E-state index contributed by atoms with van der Waals surface area (Å²) in [4.78, 5) is 24.3. The first-order valence-corrected chi connectivity index (χ1v) is 7.68. The number of carbonyl (C=O) groups is 2. The number of anilines is 1. The predicted octanol–water partition coefficient (Wildman–Crippen LogP) is 3.82. The van der Waals surface area contributed by atoms with Crippen molar-refractivity contribution in [3.05, 3.63) is 59.2 Å². The van der Waals surface area contributed by atoms with E-state index in [0.29, 0.717) is 22.6 Å². The van der Waals surface area contributed by atoms with Crippen LogP contribution in [0.25, 0.3) is 0 Å². The Bertz CT molecular complexity index is 753. The van der Waals surface area contributed by atoms with Crippen LogP contribution in [-0.4, -0.2) is 25.1 Å². The highest BCUT2D eigenvalue weighted by Gasteiger charge is 2.15. The lowest BCUT2D eigenvalue weighted by molar-refractivity contribution is 0.0600. The highest BCUT2D eigenvalue weighted by Crippen LogP contribution is 2.23. The average Bonchev–Trinajstić information content (AvgIpc) is 2.56. The highest BCUT2D eigenvalue weighted by atomic mass is 16.5. The maximum absolute atomic E-state index is 12.6. The van der Waals surface area contributed by atoms with E-state index in [2.05, 4.69) is 5.32 Å². The maximum atomic E-state index is 12.6. The van der Waals surface area contributed by atoms with E-state index in [1.807, 2.05) is 26.8 Å². The number of hydrogen-bond acceptors (Lipinski definition) is 4. The lowest BCUT2D eigenvalue weighted by Gasteiger charge is -2.15. The number of para-hydroxylation sites is 1. The van der Waals surface area contributed by atoms with Gasteiger partial charge in [0, 0.05) is 5.69 Å². The Kier molecular flexibility index (Phi) is 5.58. The molecule has 5 nitrogen and oxygen atoms in total. The van der Waals surface area contributed by atoms with Crippen molar-refractivity contribution in [2.75, 3.05) is 12.4 Å². The Balaban J connectivity index is 2.29. The number of methoxy groups -OCH3 is 1. The molecule has 0 fully saturated rings. The van der Waals surface area contributed by atoms with Crippen molar-refractivity contribution in [3.8, 4) is 5.75 Å². The van der Waals surface area contributed by atoms with Crippen molar-refractivity contribution in [1.29, 1.82) is 0 Å². The predicted molar refractivity (Wildman–Crippen MR) is 92.7 cm³/mol. The SMILES string of the molecule is COC(=O)c1ccc(C)c(NC(=O)c2ccccc2OC(C)C)c1. The normalized spacial score (nSPS) is 10.4. The summed E-state index contributed by atoms with van der Waals surface area (Å²) in [6.07, 6.45) is -0.0386. The summed E-state index contributed by atoms with van der Waals surface area (Å²) in [5, 5.41) is 2.83. The van der Waals surface area contributed by atoms with Crippen LogP contribution in [0.4, 0.5) is 5.69 Å². The minimum absolute atomic E-state index is 0.0386. The van der Waals surface area contributed by atoms with Crippen molar-refractivity contribution in [2.24, 2.45) is 0 Å². The zero-order chi connectivity index (χ0) is 17.7. The van der Waals surface area contributed by atoms with Crippen LogP contribution in [-0.2, 0) is 4.74 Å². The third kappa shape index (κ3) is 4.13. The van der Waals surface area contributed by atoms with E-state index in [4.69, 9.17) is 9.47 Å². The Morgan fingerprint density at radius 2 is 1.79 bits per heavy atom. The fourth-order valence-electron chi connectivity index (χ4n) is 2.20. The number of aryl methyl sites for hydroxylation is 1. The number of hydrogen-bond donors (Lipinski definition) is 1. The van der Waals surface area contributed by atoms with Crippen molar-refractivity contribution < 1.29 is 19.1 Å². The van der Waals surface area contributed by atoms with Gasteiger partial charge < -0.3 is 14.8 Å². The molecule has 0 aliphatic rings. The Morgan fingerprint density at radius 3 is 2.46 bits per heavy atom. The van der Waals surface area contributed by atoms with Gasteiger partial charge in [0.25, 0.3) is 5.91 Å². The van der Waals surface area contributed by atoms with Crippen LogP contribution in [0.15, 0.2) is 42.5 Å². The first-order valence-electron chi connectivity index (χ1n) is 7.68. The molecule has 0 saturated heterocycles. The number of ether oxygens (including phenoxy) is 2. The molecular weight excluding hydrogens is 306 g/mol. The molecule has 0 saturated carbocycles. The largest absolute Gasteiger partial charge is 0.490 e. The van der Waals surface area contributed by atoms with Crippen LogP contribution in [0.2, 0.25) is 0 Å². The number of benzene rings is 2. The van der Waals surface area contributed by atoms with Crippen molar-refractivity contribution in [3.63, 3.8) is 0 Å². The smallest absolute Gasteiger partial charge is 0.337 e. The van der Waals surface area contributed by atoms with Gasteiger partial charge in [-0.25, -0.2) is 4.79 Å². The second-order valence-electron chi connectivity index (χ2n) is 5.64. The summed E-state index contributed by atoms with van der Waals surface area (Å²) in [6.45, 7) is 5.66. The summed E-state index contributed by atoms with van der Waals surface area (Å²) in [5.41, 5.74) is 2.22. The number of carbonyl (C=O) groups excluding carboxylic acids is 2. The Labute approximate surface area is 141 Å². The van der Waals surface area contributed by atoms with Crippen molar-refractivity contribution >= 4 is 17.6 Å². The lowest BCUT2D eigenvalue weighted by atomic mass is 10.1. The van der Waals surface area contributed by atoms with Gasteiger partial charge in [0.1, 0.15) is 5.75 Å². The zero-order valence-corrected chi connectivity index (χ0v) is 14.3. The summed E-state index contributed by atoms with van der Waals surface area (Å²) in [7, 11) is 1.32. The van der Waals surface area contributed by atoms with Gasteiger partial charge in [0.15, 0.2) is 0 Å². The highest BCUT2D eigenvalue weighted by molar-refractivity contribution is 6.07. The molecule has 0 aliphatic heterocycles. The molecule has 5 heteroatoms. The molecule has 126 valence electrons. The molecule has 0 atom stereocenters. The third-order valence-electron chi connectivity index (χ3n) is 3.40. The van der Waals surface area contributed by atoms with Gasteiger partial charge in [-0.15, -0.1) is 0 Å². The van der Waals surface area contributed by atoms with E-state index >= 15 is 0 Å². The summed E-state index contributed by atoms with van der Waals surface area (Å²) >= 11 is 0. The van der Waals surface area contributed by atoms with Gasteiger partial charge in [-0.05, 0) is 50.6 Å². The number of nitrogens with one attached hydrogen (secondary N) is 1. The summed E-state index contributed by atoms with van der Waals surface area (Å²) in [5.74, 6) is -0.225. The molecule has 0 spiro atoms. The molecule has 0 bridgehead atoms. The fourth-order valence-corrected chi connectivity index (χ4v) is 2.20. The van der Waals surface area contributed by atoms with Gasteiger partial charge in [0.2, 0.25) is 0 Å². The molecule has 1 amide bonds. The van der Waals surface area contributed by atoms with Gasteiger partial charge in [-0.3, -0.25) is 4.79 Å². The van der Waals surface area contributed by atoms with E-state index in [1.54, 1.807) is 36.4 Å². The minimum atomic E-state index is -0.450. The molecule has 24 heavy (non-hydrogen) atoms. The molecular formula is C19H21NO4. The number of rotatable bonds is 5. The zero-order valence-electron chi connectivity index (χ0n) is 14.3. The molecule has 0 heterocycles. The first kappa shape index (κ1) is 17.5. The Morgan fingerprint density at radius 1 is 1.08 bits per heavy atom. The molecule has 2 rings (SSSR count). The van der Waals surface area contributed by atoms with E-state index in [1.165, 1.54) is 7.11 Å². The van der Waals surface area contributed by atoms with Gasteiger partial charge in [-0.2, -0.15) is 0 Å². The van der Waals surface area contributed by atoms with Crippen LogP contribution >= 0.6 is 0 Å². The first-order chi connectivity index (χ1) is 11.4. The van der Waals surface area contributed by atoms with Crippen LogP contribution in [0.5, 0.6) is 5.75 Å². The van der Waals surface area contributed by atoms with Crippen molar-refractivity contribution in [2.45, 2.75) is 26.9 Å². The molecule has 2 aromatic carbocycles. The monoisotopic (exact) mass is 327 g/mol. The number of esters is 1. The quantitative estimate of drug-likeness (QED) is 0.848. The third-order valence-corrected chi connectivity index (χ3v) is 3.40. The van der Waals surface area contributed by atoms with Crippen LogP contribution in [0, 0.1) is 6.92 Å². The minimum Gasteiger partial charge on any atom is -0.490 e. The average molecular weight is 327 g/mol. The van der Waals surface area contributed by atoms with Gasteiger partial charge in [0.05, 0.1) is 24.3 Å². The van der Waals surface area contributed by atoms with E-state index < -0.39 is 5.97 Å². The van der Waals surface area contributed by atoms with Gasteiger partial charge >= 0.3 is 5.97 Å². The van der Waals surface area contributed by atoms with Crippen molar-refractivity contribution in [1.82, 2.24) is 0 Å². The fraction of sp³-hybridized carbons (Fsp3) is 0.263. The van der Waals surface area contributed by atoms with Gasteiger partial charge in [-0.1, -0.05) is 18.2 Å². The second-order valence-corrected chi connectivity index (χ2v) is 5.64. The van der Waals surface area contributed by atoms with Crippen LogP contribution < -0.4 is 10.1 Å². The van der Waals surface area contributed by atoms with E-state index in [9.17, 15) is 9.59 Å². The van der Waals surface area contributed by atoms with Crippen LogP contribution in [0.3, 0.4) is 0 Å². The molecule has 0 aliphatic carbocycles. The van der Waals surface area contributed by atoms with E-state index in [0.717, 1.165) is 5.56 Å². The second kappa shape index (κ2) is 7.64. The molecule has 0 aromatic heterocycles.